The van der Waals surface area contributed by atoms with E-state index < -0.39 is 0 Å². The Morgan fingerprint density at radius 3 is 2.40 bits per heavy atom. The molecule has 0 rings (SSSR count). The van der Waals surface area contributed by atoms with Crippen molar-refractivity contribution in [2.45, 2.75) is 13.8 Å². The molecule has 5 heteroatoms. The molecule has 0 spiro atoms. The van der Waals surface area contributed by atoms with Crippen molar-refractivity contribution in [3.8, 4) is 0 Å². The van der Waals surface area contributed by atoms with Crippen LogP contribution < -0.4 is 0 Å². The summed E-state index contributed by atoms with van der Waals surface area (Å²) in [5.74, 6) is 0.598. The molecule has 0 aliphatic heterocycles. The zero-order valence-corrected chi connectivity index (χ0v) is 10.8. The predicted octanol–water partition coefficient (Wildman–Crippen LogP) is 2.79. The van der Waals surface area contributed by atoms with Gasteiger partial charge in [0.05, 0.1) is 0 Å². The fourth-order valence-corrected chi connectivity index (χ4v) is 0.943. The molecule has 0 saturated carbocycles. The van der Waals surface area contributed by atoms with E-state index in [-0.39, 0.29) is 0 Å². The highest BCUT2D eigenvalue weighted by Crippen LogP contribution is 2.10. The average molecular weight is 271 g/mol. The lowest BCUT2D eigenvalue weighted by Gasteiger charge is -2.14. The van der Waals surface area contributed by atoms with Gasteiger partial charge in [0.1, 0.15) is 10.9 Å². The molecule has 15 heavy (non-hydrogen) atoms. The average Bonchev–Trinajstić information content (AvgIpc) is 2.22. The van der Waals surface area contributed by atoms with Crippen LogP contribution in [0, 0.1) is 0 Å². The standard InChI is InChI=1S/C10H15BrN4/c1-6-9(11)14-10(8(2)3)15(13-5)7-12-4/h6-7H,2,5H2,1,3-4H3/b9-6-,12-7-,14-10+. The Morgan fingerprint density at radius 1 is 1.47 bits per heavy atom. The fourth-order valence-electron chi connectivity index (χ4n) is 0.775. The lowest BCUT2D eigenvalue weighted by Crippen LogP contribution is -2.24. The van der Waals surface area contributed by atoms with Gasteiger partial charge in [0.25, 0.3) is 0 Å². The summed E-state index contributed by atoms with van der Waals surface area (Å²) in [5, 5.41) is 5.25. The van der Waals surface area contributed by atoms with Crippen molar-refractivity contribution in [2.75, 3.05) is 7.05 Å². The summed E-state index contributed by atoms with van der Waals surface area (Å²) in [7, 11) is 1.65. The van der Waals surface area contributed by atoms with E-state index in [9.17, 15) is 0 Å². The Morgan fingerprint density at radius 2 is 2.07 bits per heavy atom. The first kappa shape index (κ1) is 13.8. The summed E-state index contributed by atoms with van der Waals surface area (Å²) >= 11 is 3.29. The Balaban J connectivity index is 5.20. The van der Waals surface area contributed by atoms with Crippen LogP contribution >= 0.6 is 15.9 Å². The van der Waals surface area contributed by atoms with Gasteiger partial charge in [-0.3, -0.25) is 4.99 Å². The molecule has 0 atom stereocenters. The lowest BCUT2D eigenvalue weighted by molar-refractivity contribution is 0.684. The number of allylic oxidation sites excluding steroid dienone is 1. The van der Waals surface area contributed by atoms with E-state index in [0.29, 0.717) is 10.4 Å². The Bertz CT molecular complexity index is 328. The molecule has 0 aromatic heterocycles. The number of hydrazone groups is 1. The van der Waals surface area contributed by atoms with Crippen LogP contribution in [0.25, 0.3) is 0 Å². The number of hydrogen-bond donors (Lipinski definition) is 0. The zero-order valence-electron chi connectivity index (χ0n) is 9.24. The van der Waals surface area contributed by atoms with E-state index >= 15 is 0 Å². The quantitative estimate of drug-likeness (QED) is 0.335. The van der Waals surface area contributed by atoms with Crippen LogP contribution in [0.4, 0.5) is 0 Å². The van der Waals surface area contributed by atoms with Gasteiger partial charge in [0, 0.05) is 13.8 Å². The first-order chi connectivity index (χ1) is 7.06. The third-order valence-electron chi connectivity index (χ3n) is 1.43. The van der Waals surface area contributed by atoms with E-state index in [2.05, 4.69) is 44.3 Å². The number of hydrogen-bond acceptors (Lipinski definition) is 3. The normalized spacial score (nSPS) is 13.1. The molecule has 82 valence electrons. The molecule has 0 aliphatic carbocycles. The van der Waals surface area contributed by atoms with Gasteiger partial charge in [0.15, 0.2) is 5.84 Å². The predicted molar refractivity (Wildman–Crippen MR) is 70.7 cm³/mol. The molecule has 4 nitrogen and oxygen atoms in total. The van der Waals surface area contributed by atoms with E-state index in [1.165, 1.54) is 11.3 Å². The smallest absolute Gasteiger partial charge is 0.158 e. The summed E-state index contributed by atoms with van der Waals surface area (Å²) in [5.41, 5.74) is 0.779. The molecule has 0 fully saturated rings. The van der Waals surface area contributed by atoms with Crippen molar-refractivity contribution in [2.24, 2.45) is 15.1 Å². The van der Waals surface area contributed by atoms with Crippen molar-refractivity contribution in [3.05, 3.63) is 22.8 Å². The number of nitrogens with zero attached hydrogens (tertiary/aromatic N) is 4. The Labute approximate surface area is 98.9 Å². The number of rotatable bonds is 4. The summed E-state index contributed by atoms with van der Waals surface area (Å²) in [6, 6.07) is 0. The van der Waals surface area contributed by atoms with Crippen molar-refractivity contribution in [1.82, 2.24) is 5.01 Å². The van der Waals surface area contributed by atoms with Crippen LogP contribution in [-0.2, 0) is 0 Å². The molecule has 0 aromatic rings. The van der Waals surface area contributed by atoms with Gasteiger partial charge < -0.3 is 0 Å². The van der Waals surface area contributed by atoms with Gasteiger partial charge in [0.2, 0.25) is 0 Å². The maximum atomic E-state index is 4.28. The maximum absolute atomic E-state index is 4.28. The Kier molecular flexibility index (Phi) is 6.53. The molecule has 0 N–H and O–H groups in total. The monoisotopic (exact) mass is 270 g/mol. The van der Waals surface area contributed by atoms with Crippen LogP contribution in [0.15, 0.2) is 37.9 Å². The van der Waals surface area contributed by atoms with Crippen molar-refractivity contribution < 1.29 is 0 Å². The summed E-state index contributed by atoms with van der Waals surface area (Å²) in [4.78, 5) is 8.13. The summed E-state index contributed by atoms with van der Waals surface area (Å²) in [6.45, 7) is 11.0. The van der Waals surface area contributed by atoms with Crippen molar-refractivity contribution in [1.29, 1.82) is 0 Å². The van der Waals surface area contributed by atoms with Crippen LogP contribution in [0.2, 0.25) is 0 Å². The fraction of sp³-hybridized carbons (Fsp3) is 0.300. The molecule has 0 bridgehead atoms. The van der Waals surface area contributed by atoms with E-state index in [1.807, 2.05) is 19.9 Å². The summed E-state index contributed by atoms with van der Waals surface area (Å²) in [6.07, 6.45) is 3.35. The first-order valence-electron chi connectivity index (χ1n) is 4.31. The molecule has 0 unspecified atom stereocenters. The summed E-state index contributed by atoms with van der Waals surface area (Å²) < 4.78 is 0.707. The molecule has 0 aliphatic rings. The second-order valence-corrected chi connectivity index (χ2v) is 3.50. The van der Waals surface area contributed by atoms with Gasteiger partial charge in [-0.25, -0.2) is 10.0 Å². The lowest BCUT2D eigenvalue weighted by atomic mass is 10.3. The third-order valence-corrected chi connectivity index (χ3v) is 2.06. The van der Waals surface area contributed by atoms with Gasteiger partial charge in [-0.1, -0.05) is 12.7 Å². The molecule has 0 heterocycles. The molecular formula is C10H15BrN4. The largest absolute Gasteiger partial charge is 0.277 e. The molecular weight excluding hydrogens is 256 g/mol. The van der Waals surface area contributed by atoms with Gasteiger partial charge >= 0.3 is 0 Å². The van der Waals surface area contributed by atoms with E-state index in [0.717, 1.165) is 5.57 Å². The zero-order chi connectivity index (χ0) is 11.8. The minimum atomic E-state index is 0.598. The second kappa shape index (κ2) is 7.11. The van der Waals surface area contributed by atoms with E-state index in [1.54, 1.807) is 7.05 Å². The number of halogens is 1. The number of amidine groups is 1. The topological polar surface area (TPSA) is 40.3 Å². The van der Waals surface area contributed by atoms with Gasteiger partial charge in [-0.15, -0.1) is 0 Å². The van der Waals surface area contributed by atoms with Crippen LogP contribution in [0.5, 0.6) is 0 Å². The number of aliphatic imine (C=N–C) groups is 2. The maximum Gasteiger partial charge on any atom is 0.158 e. The molecule has 0 radical (unpaired) electrons. The molecule has 0 saturated heterocycles. The Hall–Kier alpha value is -1.23. The van der Waals surface area contributed by atoms with Crippen LogP contribution in [-0.4, -0.2) is 30.9 Å². The molecule has 0 aromatic carbocycles. The van der Waals surface area contributed by atoms with Crippen molar-refractivity contribution in [3.63, 3.8) is 0 Å². The second-order valence-electron chi connectivity index (χ2n) is 2.69. The van der Waals surface area contributed by atoms with Crippen LogP contribution in [0.1, 0.15) is 13.8 Å². The highest BCUT2D eigenvalue weighted by molar-refractivity contribution is 9.11. The van der Waals surface area contributed by atoms with Crippen LogP contribution in [0.3, 0.4) is 0 Å². The van der Waals surface area contributed by atoms with Gasteiger partial charge in [-0.05, 0) is 35.4 Å². The van der Waals surface area contributed by atoms with Gasteiger partial charge in [-0.2, -0.15) is 5.10 Å². The van der Waals surface area contributed by atoms with E-state index in [4.69, 9.17) is 0 Å². The highest BCUT2D eigenvalue weighted by atomic mass is 79.9. The van der Waals surface area contributed by atoms with Crippen molar-refractivity contribution >= 4 is 34.8 Å². The third kappa shape index (κ3) is 4.69. The minimum Gasteiger partial charge on any atom is -0.277 e. The highest BCUT2D eigenvalue weighted by Gasteiger charge is 2.08. The first-order valence-corrected chi connectivity index (χ1v) is 5.10. The minimum absolute atomic E-state index is 0.598. The molecule has 0 amide bonds. The SMILES string of the molecule is C=NN(/C=N\C)/C(=N/C(Br)=C\C)C(=C)C.